The number of benzene rings is 9. The lowest BCUT2D eigenvalue weighted by molar-refractivity contribution is 1.25. The van der Waals surface area contributed by atoms with Crippen LogP contribution in [0.3, 0.4) is 0 Å². The summed E-state index contributed by atoms with van der Waals surface area (Å²) < 4.78 is 4.86. The maximum absolute atomic E-state index is 5.24. The van der Waals surface area contributed by atoms with Crippen LogP contribution in [0.5, 0.6) is 0 Å². The zero-order valence-electron chi connectivity index (χ0n) is 32.3. The highest BCUT2D eigenvalue weighted by atomic mass is 32.1. The summed E-state index contributed by atoms with van der Waals surface area (Å²) in [6.45, 7) is 0. The highest BCUT2D eigenvalue weighted by Gasteiger charge is 2.19. The standard InChI is InChI=1S/C56H33N3S/c1-2-11-39-32-53-48(30-38(39)10-1)49-33-52(59-51-18-8-7-17-50(51)58-56(59)55(49)60-53)37-25-23-35(24-26-37)42-28-27-41(43-13-3-4-14-44(42)43)34-19-21-36(22-20-34)47-31-40-12-9-29-57-54(40)46-16-6-5-15-45(46)47/h1-33H. The van der Waals surface area contributed by atoms with Crippen molar-refractivity contribution in [3.63, 3.8) is 0 Å². The van der Waals surface area contributed by atoms with Crippen molar-refractivity contribution in [3.05, 3.63) is 200 Å². The lowest BCUT2D eigenvalue weighted by Gasteiger charge is -2.14. The summed E-state index contributed by atoms with van der Waals surface area (Å²) in [5, 5.41) is 11.1. The van der Waals surface area contributed by atoms with E-state index in [9.17, 15) is 0 Å². The first kappa shape index (κ1) is 33.3. The van der Waals surface area contributed by atoms with Crippen LogP contribution in [-0.2, 0) is 0 Å². The van der Waals surface area contributed by atoms with Gasteiger partial charge in [0.25, 0.3) is 0 Å². The number of hydrogen-bond acceptors (Lipinski definition) is 3. The number of fused-ring (bicyclic) bond motifs is 12. The molecule has 0 radical (unpaired) electrons. The molecule has 0 amide bonds. The van der Waals surface area contributed by atoms with Gasteiger partial charge in [0.15, 0.2) is 5.65 Å². The molecular weight excluding hydrogens is 747 g/mol. The first-order chi connectivity index (χ1) is 29.7. The molecule has 0 atom stereocenters. The van der Waals surface area contributed by atoms with Crippen LogP contribution in [0, 0.1) is 0 Å². The molecule has 9 aromatic carbocycles. The second kappa shape index (κ2) is 12.9. The maximum atomic E-state index is 5.24. The molecule has 13 aromatic rings. The van der Waals surface area contributed by atoms with Gasteiger partial charge in [0.05, 0.1) is 26.9 Å². The normalized spacial score (nSPS) is 12.0. The molecule has 60 heavy (non-hydrogen) atoms. The lowest BCUT2D eigenvalue weighted by atomic mass is 9.90. The average Bonchev–Trinajstić information content (AvgIpc) is 3.88. The molecular formula is C56H33N3S. The van der Waals surface area contributed by atoms with Gasteiger partial charge in [-0.3, -0.25) is 9.38 Å². The SMILES string of the molecule is c1ccc2cc3c(cc2c1)sc1c3cc(-c2ccc(-c3ccc(-c4ccc(-c5cc6cccnc6c6ccccc56)cc4)c4ccccc34)cc2)n2c3ccccc3nc12. The van der Waals surface area contributed by atoms with E-state index in [-0.39, 0.29) is 0 Å². The number of hydrogen-bond donors (Lipinski definition) is 0. The molecule has 3 nitrogen and oxygen atoms in total. The van der Waals surface area contributed by atoms with Crippen LogP contribution in [-0.4, -0.2) is 14.4 Å². The number of imidazole rings is 1. The van der Waals surface area contributed by atoms with Gasteiger partial charge in [0.2, 0.25) is 0 Å². The number of aromatic nitrogens is 3. The molecule has 13 rings (SSSR count). The topological polar surface area (TPSA) is 30.2 Å². The zero-order valence-corrected chi connectivity index (χ0v) is 33.1. The summed E-state index contributed by atoms with van der Waals surface area (Å²) in [6.07, 6.45) is 1.88. The summed E-state index contributed by atoms with van der Waals surface area (Å²) in [6, 6.07) is 70.8. The fraction of sp³-hybridized carbons (Fsp3) is 0. The fourth-order valence-electron chi connectivity index (χ4n) is 9.56. The number of pyridine rings is 2. The van der Waals surface area contributed by atoms with Gasteiger partial charge < -0.3 is 0 Å². The molecule has 0 aliphatic rings. The van der Waals surface area contributed by atoms with Gasteiger partial charge in [-0.1, -0.05) is 152 Å². The van der Waals surface area contributed by atoms with Gasteiger partial charge in [-0.25, -0.2) is 4.98 Å². The number of para-hydroxylation sites is 2. The van der Waals surface area contributed by atoms with Gasteiger partial charge in [0, 0.05) is 32.4 Å². The second-order valence-corrected chi connectivity index (χ2v) is 16.8. The van der Waals surface area contributed by atoms with Crippen LogP contribution in [0.25, 0.3) is 125 Å². The number of thiophene rings is 1. The van der Waals surface area contributed by atoms with Crippen molar-refractivity contribution in [1.29, 1.82) is 0 Å². The molecule has 278 valence electrons. The minimum absolute atomic E-state index is 1.01. The summed E-state index contributed by atoms with van der Waals surface area (Å²) in [4.78, 5) is 9.96. The minimum Gasteiger partial charge on any atom is -0.291 e. The Morgan fingerprint density at radius 2 is 0.967 bits per heavy atom. The Balaban J connectivity index is 0.908. The van der Waals surface area contributed by atoms with E-state index >= 15 is 0 Å². The zero-order chi connectivity index (χ0) is 39.3. The van der Waals surface area contributed by atoms with Gasteiger partial charge in [-0.05, 0) is 108 Å². The van der Waals surface area contributed by atoms with Crippen LogP contribution < -0.4 is 0 Å². The van der Waals surface area contributed by atoms with Gasteiger partial charge >= 0.3 is 0 Å². The van der Waals surface area contributed by atoms with Crippen LogP contribution in [0.15, 0.2) is 200 Å². The van der Waals surface area contributed by atoms with Gasteiger partial charge in [0.1, 0.15) is 0 Å². The third-order valence-electron chi connectivity index (χ3n) is 12.4. The third kappa shape index (κ3) is 5.01. The first-order valence-electron chi connectivity index (χ1n) is 20.4. The third-order valence-corrected chi connectivity index (χ3v) is 13.6. The van der Waals surface area contributed by atoms with Gasteiger partial charge in [-0.2, -0.15) is 0 Å². The van der Waals surface area contributed by atoms with E-state index in [0.29, 0.717) is 0 Å². The molecule has 0 fully saturated rings. The molecule has 4 heterocycles. The monoisotopic (exact) mass is 779 g/mol. The molecule has 0 saturated heterocycles. The summed E-state index contributed by atoms with van der Waals surface area (Å²) >= 11 is 1.84. The maximum Gasteiger partial charge on any atom is 0.156 e. The predicted octanol–water partition coefficient (Wildman–Crippen LogP) is 15.5. The summed E-state index contributed by atoms with van der Waals surface area (Å²) in [7, 11) is 0. The predicted molar refractivity (Wildman–Crippen MR) is 255 cm³/mol. The lowest BCUT2D eigenvalue weighted by Crippen LogP contribution is -1.93. The first-order valence-corrected chi connectivity index (χ1v) is 21.2. The Morgan fingerprint density at radius 1 is 0.400 bits per heavy atom. The molecule has 0 saturated carbocycles. The Labute approximate surface area is 349 Å². The molecule has 4 aromatic heterocycles. The van der Waals surface area contributed by atoms with Crippen molar-refractivity contribution in [3.8, 4) is 44.6 Å². The van der Waals surface area contributed by atoms with Crippen LogP contribution in [0.1, 0.15) is 0 Å². The van der Waals surface area contributed by atoms with Crippen LogP contribution >= 0.6 is 11.3 Å². The smallest absolute Gasteiger partial charge is 0.156 e. The van der Waals surface area contributed by atoms with Crippen molar-refractivity contribution in [2.75, 3.05) is 0 Å². The second-order valence-electron chi connectivity index (χ2n) is 15.7. The van der Waals surface area contributed by atoms with E-state index in [1.54, 1.807) is 0 Å². The van der Waals surface area contributed by atoms with Crippen molar-refractivity contribution < 1.29 is 0 Å². The van der Waals surface area contributed by atoms with E-state index in [2.05, 4.69) is 192 Å². The van der Waals surface area contributed by atoms with Gasteiger partial charge in [-0.15, -0.1) is 11.3 Å². The Kier molecular flexibility index (Phi) is 7.18. The average molecular weight is 780 g/mol. The van der Waals surface area contributed by atoms with E-state index in [1.807, 2.05) is 23.6 Å². The quantitative estimate of drug-likeness (QED) is 0.167. The van der Waals surface area contributed by atoms with Crippen LogP contribution in [0.2, 0.25) is 0 Å². The Bertz CT molecular complexity index is 3880. The Morgan fingerprint density at radius 3 is 1.68 bits per heavy atom. The molecule has 0 aliphatic heterocycles. The molecule has 0 aliphatic carbocycles. The highest BCUT2D eigenvalue weighted by Crippen LogP contribution is 2.43. The minimum atomic E-state index is 1.01. The van der Waals surface area contributed by atoms with E-state index in [4.69, 9.17) is 9.97 Å². The molecule has 4 heteroatoms. The molecule has 0 bridgehead atoms. The Hall–Kier alpha value is -7.66. The summed E-state index contributed by atoms with van der Waals surface area (Å²) in [5.41, 5.74) is 13.7. The van der Waals surface area contributed by atoms with E-state index < -0.39 is 0 Å². The molecule has 0 unspecified atom stereocenters. The highest BCUT2D eigenvalue weighted by molar-refractivity contribution is 7.26. The number of rotatable bonds is 4. The molecule has 0 spiro atoms. The van der Waals surface area contributed by atoms with Crippen molar-refractivity contribution in [1.82, 2.24) is 14.4 Å². The van der Waals surface area contributed by atoms with Crippen molar-refractivity contribution in [2.24, 2.45) is 0 Å². The van der Waals surface area contributed by atoms with Crippen molar-refractivity contribution in [2.45, 2.75) is 0 Å². The van der Waals surface area contributed by atoms with E-state index in [1.165, 1.54) is 85.9 Å². The van der Waals surface area contributed by atoms with Crippen LogP contribution in [0.4, 0.5) is 0 Å². The molecule has 0 N–H and O–H groups in total. The van der Waals surface area contributed by atoms with Crippen molar-refractivity contribution >= 4 is 91.4 Å². The number of nitrogens with zero attached hydrogens (tertiary/aromatic N) is 3. The fourth-order valence-corrected chi connectivity index (χ4v) is 10.7. The summed E-state index contributed by atoms with van der Waals surface area (Å²) in [5.74, 6) is 0. The van der Waals surface area contributed by atoms with E-state index in [0.717, 1.165) is 38.8 Å². The largest absolute Gasteiger partial charge is 0.291 e.